The Bertz CT molecular complexity index is 733. The zero-order valence-electron chi connectivity index (χ0n) is 12.3. The van der Waals surface area contributed by atoms with E-state index in [1.54, 1.807) is 0 Å². The number of rotatable bonds is 5. The van der Waals surface area contributed by atoms with Gasteiger partial charge in [-0.05, 0) is 23.3 Å². The molecule has 3 rings (SSSR count). The van der Waals surface area contributed by atoms with Gasteiger partial charge in [-0.3, -0.25) is 0 Å². The minimum absolute atomic E-state index is 0.00920. The smallest absolute Gasteiger partial charge is 0.308 e. The first-order valence-corrected chi connectivity index (χ1v) is 7.12. The van der Waals surface area contributed by atoms with Crippen molar-refractivity contribution in [3.05, 3.63) is 60.3 Å². The number of hydrogen-bond donors (Lipinski definition) is 1. The molecule has 0 saturated carbocycles. The molecule has 1 N–H and O–H groups in total. The van der Waals surface area contributed by atoms with Crippen LogP contribution in [0.15, 0.2) is 59.0 Å². The Morgan fingerprint density at radius 2 is 1.59 bits per heavy atom. The summed E-state index contributed by atoms with van der Waals surface area (Å²) in [5.74, 6) is 0.857. The van der Waals surface area contributed by atoms with Crippen molar-refractivity contribution in [2.75, 3.05) is 13.7 Å². The molecule has 0 aliphatic rings. The third kappa shape index (κ3) is 2.87. The molecule has 1 heterocycles. The average Bonchev–Trinajstić information content (AvgIpc) is 2.99. The van der Waals surface area contributed by atoms with E-state index in [1.807, 2.05) is 42.5 Å². The number of benzene rings is 2. The quantitative estimate of drug-likeness (QED) is 0.782. The van der Waals surface area contributed by atoms with Crippen LogP contribution in [0.1, 0.15) is 5.69 Å². The number of aliphatic hydroxyl groups excluding tert-OH is 1. The van der Waals surface area contributed by atoms with Gasteiger partial charge >= 0.3 is 5.95 Å². The molecule has 4 nitrogen and oxygen atoms in total. The maximum absolute atomic E-state index is 9.04. The van der Waals surface area contributed by atoms with Gasteiger partial charge in [0.05, 0.1) is 7.11 Å². The van der Waals surface area contributed by atoms with Gasteiger partial charge in [0.15, 0.2) is 0 Å². The number of oxazole rings is 1. The van der Waals surface area contributed by atoms with Gasteiger partial charge in [-0.1, -0.05) is 42.5 Å². The van der Waals surface area contributed by atoms with E-state index < -0.39 is 0 Å². The van der Waals surface area contributed by atoms with Crippen LogP contribution in [0.4, 0.5) is 0 Å². The van der Waals surface area contributed by atoms with E-state index in [0.717, 1.165) is 11.1 Å². The SMILES string of the molecule is COc1oc(-c2ccc(-c3ccccc3)cc2)nc1CCO. The minimum atomic E-state index is 0.00920. The summed E-state index contributed by atoms with van der Waals surface area (Å²) in [5.41, 5.74) is 3.81. The molecule has 22 heavy (non-hydrogen) atoms. The molecular formula is C18H17NO3. The molecule has 2 aromatic carbocycles. The molecule has 0 atom stereocenters. The van der Waals surface area contributed by atoms with Crippen molar-refractivity contribution < 1.29 is 14.3 Å². The van der Waals surface area contributed by atoms with Crippen molar-refractivity contribution in [1.29, 1.82) is 0 Å². The Kier molecular flexibility index (Phi) is 4.21. The first-order valence-electron chi connectivity index (χ1n) is 7.12. The van der Waals surface area contributed by atoms with E-state index >= 15 is 0 Å². The fourth-order valence-electron chi connectivity index (χ4n) is 2.32. The lowest BCUT2D eigenvalue weighted by atomic mass is 10.0. The van der Waals surface area contributed by atoms with Crippen LogP contribution in [-0.4, -0.2) is 23.8 Å². The summed E-state index contributed by atoms with van der Waals surface area (Å²) in [7, 11) is 1.53. The lowest BCUT2D eigenvalue weighted by molar-refractivity contribution is 0.282. The molecule has 0 fully saturated rings. The van der Waals surface area contributed by atoms with Crippen molar-refractivity contribution >= 4 is 0 Å². The Balaban J connectivity index is 1.90. The second kappa shape index (κ2) is 6.45. The predicted octanol–water partition coefficient (Wildman–Crippen LogP) is 3.55. The lowest BCUT2D eigenvalue weighted by Gasteiger charge is -2.02. The summed E-state index contributed by atoms with van der Waals surface area (Å²) in [4.78, 5) is 4.39. The highest BCUT2D eigenvalue weighted by Gasteiger charge is 2.14. The highest BCUT2D eigenvalue weighted by Crippen LogP contribution is 2.29. The molecule has 0 spiro atoms. The van der Waals surface area contributed by atoms with Crippen LogP contribution in [0, 0.1) is 0 Å². The summed E-state index contributed by atoms with van der Waals surface area (Å²) in [6.45, 7) is 0.00920. The lowest BCUT2D eigenvalue weighted by Crippen LogP contribution is -1.94. The van der Waals surface area contributed by atoms with Crippen molar-refractivity contribution in [3.8, 4) is 28.5 Å². The summed E-state index contributed by atoms with van der Waals surface area (Å²) >= 11 is 0. The van der Waals surface area contributed by atoms with Crippen LogP contribution in [0.2, 0.25) is 0 Å². The number of hydrogen-bond acceptors (Lipinski definition) is 4. The largest absolute Gasteiger partial charge is 0.467 e. The molecule has 3 aromatic rings. The van der Waals surface area contributed by atoms with Crippen LogP contribution in [0.25, 0.3) is 22.6 Å². The normalized spacial score (nSPS) is 10.6. The van der Waals surface area contributed by atoms with E-state index in [1.165, 1.54) is 12.7 Å². The van der Waals surface area contributed by atoms with E-state index in [9.17, 15) is 0 Å². The van der Waals surface area contributed by atoms with Gasteiger partial charge in [-0.2, -0.15) is 0 Å². The average molecular weight is 295 g/mol. The number of ether oxygens (including phenoxy) is 1. The Labute approximate surface area is 129 Å². The van der Waals surface area contributed by atoms with Gasteiger partial charge in [0.1, 0.15) is 5.69 Å². The molecule has 0 unspecified atom stereocenters. The third-order valence-corrected chi connectivity index (χ3v) is 3.43. The predicted molar refractivity (Wildman–Crippen MR) is 84.7 cm³/mol. The summed E-state index contributed by atoms with van der Waals surface area (Å²) < 4.78 is 10.8. The highest BCUT2D eigenvalue weighted by molar-refractivity contribution is 5.67. The van der Waals surface area contributed by atoms with Crippen molar-refractivity contribution in [1.82, 2.24) is 4.98 Å². The fraction of sp³-hybridized carbons (Fsp3) is 0.167. The summed E-state index contributed by atoms with van der Waals surface area (Å²) in [6, 6.07) is 18.2. The number of methoxy groups -OCH3 is 1. The standard InChI is InChI=1S/C18H17NO3/c1-21-18-16(11-12-20)19-17(22-18)15-9-7-14(8-10-15)13-5-3-2-4-6-13/h2-10,20H,11-12H2,1H3. The number of aromatic nitrogens is 1. The molecular weight excluding hydrogens is 278 g/mol. The minimum Gasteiger partial charge on any atom is -0.467 e. The maximum Gasteiger partial charge on any atom is 0.308 e. The molecule has 112 valence electrons. The van der Waals surface area contributed by atoms with Crippen molar-refractivity contribution in [2.24, 2.45) is 0 Å². The van der Waals surface area contributed by atoms with Gasteiger partial charge in [0.2, 0.25) is 5.89 Å². The number of aliphatic hydroxyl groups is 1. The summed E-state index contributed by atoms with van der Waals surface area (Å²) in [6.07, 6.45) is 0.411. The van der Waals surface area contributed by atoms with Crippen LogP contribution < -0.4 is 4.74 Å². The first kappa shape index (κ1) is 14.4. The molecule has 0 aliphatic carbocycles. The Hall–Kier alpha value is -2.59. The van der Waals surface area contributed by atoms with Crippen LogP contribution in [-0.2, 0) is 6.42 Å². The van der Waals surface area contributed by atoms with Crippen LogP contribution >= 0.6 is 0 Å². The molecule has 0 radical (unpaired) electrons. The zero-order valence-corrected chi connectivity index (χ0v) is 12.3. The van der Waals surface area contributed by atoms with E-state index in [2.05, 4.69) is 17.1 Å². The van der Waals surface area contributed by atoms with Gasteiger partial charge in [0.25, 0.3) is 0 Å². The molecule has 0 aliphatic heterocycles. The van der Waals surface area contributed by atoms with Gasteiger partial charge in [0, 0.05) is 18.6 Å². The first-order chi connectivity index (χ1) is 10.8. The number of nitrogens with zero attached hydrogens (tertiary/aromatic N) is 1. The molecule has 1 aromatic heterocycles. The van der Waals surface area contributed by atoms with Gasteiger partial charge in [-0.15, -0.1) is 0 Å². The molecule has 0 bridgehead atoms. The van der Waals surface area contributed by atoms with Crippen LogP contribution in [0.3, 0.4) is 0 Å². The Morgan fingerprint density at radius 3 is 2.23 bits per heavy atom. The van der Waals surface area contributed by atoms with Crippen LogP contribution in [0.5, 0.6) is 5.95 Å². The molecule has 4 heteroatoms. The zero-order chi connectivity index (χ0) is 15.4. The highest BCUT2D eigenvalue weighted by atomic mass is 16.6. The van der Waals surface area contributed by atoms with Gasteiger partial charge in [-0.25, -0.2) is 4.98 Å². The Morgan fingerprint density at radius 1 is 0.955 bits per heavy atom. The fourth-order valence-corrected chi connectivity index (χ4v) is 2.32. The van der Waals surface area contributed by atoms with E-state index in [0.29, 0.717) is 24.0 Å². The third-order valence-electron chi connectivity index (χ3n) is 3.43. The molecule has 0 amide bonds. The maximum atomic E-state index is 9.04. The molecule has 0 saturated heterocycles. The summed E-state index contributed by atoms with van der Waals surface area (Å²) in [5, 5.41) is 9.04. The topological polar surface area (TPSA) is 55.5 Å². The van der Waals surface area contributed by atoms with E-state index in [4.69, 9.17) is 14.3 Å². The monoisotopic (exact) mass is 295 g/mol. The second-order valence-corrected chi connectivity index (χ2v) is 4.87. The van der Waals surface area contributed by atoms with E-state index in [-0.39, 0.29) is 6.61 Å². The van der Waals surface area contributed by atoms with Crippen molar-refractivity contribution in [3.63, 3.8) is 0 Å². The van der Waals surface area contributed by atoms with Crippen molar-refractivity contribution in [2.45, 2.75) is 6.42 Å². The second-order valence-electron chi connectivity index (χ2n) is 4.87. The van der Waals surface area contributed by atoms with Gasteiger partial charge < -0.3 is 14.3 Å².